The summed E-state index contributed by atoms with van der Waals surface area (Å²) in [5.74, 6) is -3.00. The van der Waals surface area contributed by atoms with E-state index < -0.39 is 23.6 Å². The highest BCUT2D eigenvalue weighted by Gasteiger charge is 2.22. The monoisotopic (exact) mass is 464 g/mol. The number of aromatic nitrogens is 3. The Morgan fingerprint density at radius 2 is 2.00 bits per heavy atom. The van der Waals surface area contributed by atoms with Crippen molar-refractivity contribution >= 4 is 28.5 Å². The standard InChI is InChI=1S/C20H22F2N6O3S/c1-2-12-4-5-13(16(22)15(12)21)10-31-18-14(17(23)29)19(32-27-18)26-20(30)25-6-3-8-28-9-7-24-11-28/h4-5,7,9,11H,2-3,6,8,10H2,1H3,(H2,23,29)(H2,25,26,30). The van der Waals surface area contributed by atoms with Gasteiger partial charge in [0.2, 0.25) is 5.88 Å². The van der Waals surface area contributed by atoms with Gasteiger partial charge in [-0.1, -0.05) is 19.1 Å². The molecule has 3 rings (SSSR count). The van der Waals surface area contributed by atoms with Crippen molar-refractivity contribution in [1.82, 2.24) is 19.2 Å². The molecule has 3 aromatic rings. The summed E-state index contributed by atoms with van der Waals surface area (Å²) in [5.41, 5.74) is 5.48. The summed E-state index contributed by atoms with van der Waals surface area (Å²) in [6.45, 7) is 2.42. The number of hydrogen-bond donors (Lipinski definition) is 3. The van der Waals surface area contributed by atoms with Crippen LogP contribution in [-0.2, 0) is 19.6 Å². The number of carbonyl (C=O) groups excluding carboxylic acids is 2. The first kappa shape index (κ1) is 23.1. The van der Waals surface area contributed by atoms with Gasteiger partial charge in [0.25, 0.3) is 5.91 Å². The molecule has 170 valence electrons. The van der Waals surface area contributed by atoms with E-state index in [9.17, 15) is 18.4 Å². The number of benzene rings is 1. The Bertz CT molecular complexity index is 1090. The van der Waals surface area contributed by atoms with Gasteiger partial charge in [0.1, 0.15) is 17.2 Å². The molecule has 3 amide bonds. The molecule has 0 atom stereocenters. The maximum Gasteiger partial charge on any atom is 0.319 e. The number of nitrogens with zero attached hydrogens (tertiary/aromatic N) is 3. The Morgan fingerprint density at radius 3 is 2.69 bits per heavy atom. The average molecular weight is 464 g/mol. The first-order chi connectivity index (χ1) is 15.4. The third-order valence-electron chi connectivity index (χ3n) is 4.56. The highest BCUT2D eigenvalue weighted by atomic mass is 32.1. The summed E-state index contributed by atoms with van der Waals surface area (Å²) < 4.78 is 39.4. The normalized spacial score (nSPS) is 10.7. The van der Waals surface area contributed by atoms with Crippen LogP contribution in [0.1, 0.15) is 34.8 Å². The summed E-state index contributed by atoms with van der Waals surface area (Å²) in [7, 11) is 0. The lowest BCUT2D eigenvalue weighted by molar-refractivity contribution is 0.0996. The Morgan fingerprint density at radius 1 is 1.25 bits per heavy atom. The highest BCUT2D eigenvalue weighted by Crippen LogP contribution is 2.31. The minimum absolute atomic E-state index is 0.0340. The number of imidazole rings is 1. The topological polar surface area (TPSA) is 124 Å². The fourth-order valence-electron chi connectivity index (χ4n) is 2.87. The molecule has 9 nitrogen and oxygen atoms in total. The number of carbonyl (C=O) groups is 2. The Labute approximate surface area is 186 Å². The molecule has 2 heterocycles. The van der Waals surface area contributed by atoms with E-state index in [0.717, 1.165) is 11.5 Å². The molecule has 0 aliphatic carbocycles. The Kier molecular flexibility index (Phi) is 7.71. The SMILES string of the molecule is CCc1ccc(COc2nsc(NC(=O)NCCCn3ccnc3)c2C(N)=O)c(F)c1F. The third-order valence-corrected chi connectivity index (χ3v) is 5.31. The van der Waals surface area contributed by atoms with Crippen LogP contribution >= 0.6 is 11.5 Å². The number of anilines is 1. The molecule has 0 radical (unpaired) electrons. The van der Waals surface area contributed by atoms with Gasteiger partial charge in [-0.25, -0.2) is 18.6 Å². The molecule has 4 N–H and O–H groups in total. The van der Waals surface area contributed by atoms with Gasteiger partial charge in [-0.05, 0) is 29.9 Å². The predicted molar refractivity (Wildman–Crippen MR) is 115 cm³/mol. The van der Waals surface area contributed by atoms with Crippen LogP contribution in [-0.4, -0.2) is 32.4 Å². The van der Waals surface area contributed by atoms with Crippen LogP contribution in [0.4, 0.5) is 18.6 Å². The lowest BCUT2D eigenvalue weighted by atomic mass is 10.1. The zero-order valence-electron chi connectivity index (χ0n) is 17.2. The average Bonchev–Trinajstić information content (AvgIpc) is 3.42. The Balaban J connectivity index is 1.59. The molecule has 0 unspecified atom stereocenters. The summed E-state index contributed by atoms with van der Waals surface area (Å²) in [5, 5.41) is 5.26. The van der Waals surface area contributed by atoms with E-state index in [-0.39, 0.29) is 34.2 Å². The zero-order chi connectivity index (χ0) is 23.1. The number of urea groups is 1. The van der Waals surface area contributed by atoms with Crippen molar-refractivity contribution < 1.29 is 23.1 Å². The van der Waals surface area contributed by atoms with Crippen LogP contribution in [0.25, 0.3) is 0 Å². The van der Waals surface area contributed by atoms with Crippen LogP contribution in [0.5, 0.6) is 5.88 Å². The summed E-state index contributed by atoms with van der Waals surface area (Å²) in [4.78, 5) is 28.0. The van der Waals surface area contributed by atoms with Crippen LogP contribution < -0.4 is 21.1 Å². The van der Waals surface area contributed by atoms with Crippen molar-refractivity contribution in [1.29, 1.82) is 0 Å². The van der Waals surface area contributed by atoms with E-state index in [1.165, 1.54) is 12.1 Å². The van der Waals surface area contributed by atoms with Crippen molar-refractivity contribution in [2.24, 2.45) is 5.73 Å². The summed E-state index contributed by atoms with van der Waals surface area (Å²) >= 11 is 0.791. The molecule has 32 heavy (non-hydrogen) atoms. The van der Waals surface area contributed by atoms with E-state index in [4.69, 9.17) is 10.5 Å². The van der Waals surface area contributed by atoms with Gasteiger partial charge in [0.15, 0.2) is 11.6 Å². The van der Waals surface area contributed by atoms with Crippen LogP contribution in [0.2, 0.25) is 0 Å². The van der Waals surface area contributed by atoms with E-state index >= 15 is 0 Å². The molecule has 0 saturated carbocycles. The van der Waals surface area contributed by atoms with Gasteiger partial charge in [-0.15, -0.1) is 0 Å². The van der Waals surface area contributed by atoms with Crippen molar-refractivity contribution in [3.8, 4) is 5.88 Å². The minimum atomic E-state index is -1.02. The lowest BCUT2D eigenvalue weighted by Crippen LogP contribution is -2.30. The van der Waals surface area contributed by atoms with Gasteiger partial charge in [0.05, 0.1) is 6.33 Å². The molecule has 12 heteroatoms. The van der Waals surface area contributed by atoms with Crippen LogP contribution in [0, 0.1) is 11.6 Å². The number of primary amides is 1. The molecule has 0 bridgehead atoms. The lowest BCUT2D eigenvalue weighted by Gasteiger charge is -2.09. The first-order valence-corrected chi connectivity index (χ1v) is 10.6. The second-order valence-electron chi connectivity index (χ2n) is 6.75. The number of amides is 3. The van der Waals surface area contributed by atoms with Crippen LogP contribution in [0.3, 0.4) is 0 Å². The smallest absolute Gasteiger partial charge is 0.319 e. The summed E-state index contributed by atoms with van der Waals surface area (Å²) in [6, 6.07) is 2.33. The molecule has 0 spiro atoms. The van der Waals surface area contributed by atoms with E-state index in [0.29, 0.717) is 25.9 Å². The highest BCUT2D eigenvalue weighted by molar-refractivity contribution is 7.11. The maximum atomic E-state index is 14.2. The summed E-state index contributed by atoms with van der Waals surface area (Å²) in [6.07, 6.45) is 6.18. The molecule has 0 fully saturated rings. The number of halogens is 2. The van der Waals surface area contributed by atoms with Crippen LogP contribution in [0.15, 0.2) is 30.9 Å². The number of nitrogens with one attached hydrogen (secondary N) is 2. The molecule has 1 aromatic carbocycles. The molecule has 2 aromatic heterocycles. The number of rotatable bonds is 10. The number of hydrogen-bond acceptors (Lipinski definition) is 6. The zero-order valence-corrected chi connectivity index (χ0v) is 18.0. The largest absolute Gasteiger partial charge is 0.471 e. The van der Waals surface area contributed by atoms with Crippen molar-refractivity contribution in [2.75, 3.05) is 11.9 Å². The second-order valence-corrected chi connectivity index (χ2v) is 7.52. The third kappa shape index (κ3) is 5.58. The fraction of sp³-hybridized carbons (Fsp3) is 0.300. The first-order valence-electron chi connectivity index (χ1n) is 9.79. The fourth-order valence-corrected chi connectivity index (χ4v) is 3.60. The maximum absolute atomic E-state index is 14.2. The van der Waals surface area contributed by atoms with Crippen molar-refractivity contribution in [3.63, 3.8) is 0 Å². The molecular weight excluding hydrogens is 442 g/mol. The number of ether oxygens (including phenoxy) is 1. The number of aryl methyl sites for hydroxylation is 2. The van der Waals surface area contributed by atoms with E-state index in [1.807, 2.05) is 10.8 Å². The van der Waals surface area contributed by atoms with Gasteiger partial charge >= 0.3 is 6.03 Å². The molecular formula is C20H22F2N6O3S. The second kappa shape index (κ2) is 10.7. The quantitative estimate of drug-likeness (QED) is 0.398. The predicted octanol–water partition coefficient (Wildman–Crippen LogP) is 3.07. The molecule has 0 aliphatic heterocycles. The minimum Gasteiger partial charge on any atom is -0.471 e. The van der Waals surface area contributed by atoms with Gasteiger partial charge in [-0.2, -0.15) is 4.37 Å². The van der Waals surface area contributed by atoms with E-state index in [2.05, 4.69) is 20.0 Å². The van der Waals surface area contributed by atoms with Gasteiger partial charge < -0.3 is 20.4 Å². The van der Waals surface area contributed by atoms with Gasteiger partial charge in [-0.3, -0.25) is 10.1 Å². The molecule has 0 saturated heterocycles. The van der Waals surface area contributed by atoms with Crippen molar-refractivity contribution in [3.05, 3.63) is 59.2 Å². The molecule has 0 aliphatic rings. The number of nitrogens with two attached hydrogens (primary N) is 1. The van der Waals surface area contributed by atoms with Crippen molar-refractivity contribution in [2.45, 2.75) is 32.9 Å². The van der Waals surface area contributed by atoms with E-state index in [1.54, 1.807) is 19.4 Å². The van der Waals surface area contributed by atoms with Gasteiger partial charge in [0, 0.05) is 31.0 Å². The Hall–Kier alpha value is -3.54.